The lowest BCUT2D eigenvalue weighted by Gasteiger charge is -2.22. The summed E-state index contributed by atoms with van der Waals surface area (Å²) in [4.78, 5) is 6.40. The predicted octanol–water partition coefficient (Wildman–Crippen LogP) is 4.10. The van der Waals surface area contributed by atoms with Gasteiger partial charge in [0.05, 0.1) is 20.4 Å². The van der Waals surface area contributed by atoms with E-state index in [-0.39, 0.29) is 5.82 Å². The monoisotopic (exact) mass is 341 g/mol. The van der Waals surface area contributed by atoms with Gasteiger partial charge in [0.1, 0.15) is 17.5 Å². The zero-order valence-electron chi connectivity index (χ0n) is 14.7. The van der Waals surface area contributed by atoms with Crippen LogP contribution < -0.4 is 14.4 Å². The molecule has 0 aliphatic rings. The summed E-state index contributed by atoms with van der Waals surface area (Å²) in [6.45, 7) is 1.91. The van der Waals surface area contributed by atoms with E-state index >= 15 is 0 Å². The normalized spacial score (nSPS) is 10.6. The molecule has 1 aromatic heterocycles. The molecule has 0 aliphatic carbocycles. The molecule has 5 nitrogen and oxygen atoms in total. The van der Waals surface area contributed by atoms with E-state index in [1.54, 1.807) is 32.5 Å². The first kappa shape index (κ1) is 16.8. The highest BCUT2D eigenvalue weighted by Gasteiger charge is 2.16. The molecular weight excluding hydrogens is 321 g/mol. The fraction of sp³-hybridized carbons (Fsp3) is 0.211. The molecule has 6 heteroatoms. The van der Waals surface area contributed by atoms with Gasteiger partial charge in [0.25, 0.3) is 0 Å². The molecule has 25 heavy (non-hydrogen) atoms. The van der Waals surface area contributed by atoms with Gasteiger partial charge < -0.3 is 14.4 Å². The summed E-state index contributed by atoms with van der Waals surface area (Å²) in [5, 5.41) is 0. The van der Waals surface area contributed by atoms with Crippen LogP contribution in [0.1, 0.15) is 5.82 Å². The standard InChI is InChI=1S/C19H20FN3O2/c1-13-21-12-19(23(13)15-7-5-14(20)6-8-15)22(2)16-9-10-17(24-3)18(11-16)25-4/h5-12H,1-4H3. The Balaban J connectivity index is 2.04. The Hall–Kier alpha value is -3.02. The molecule has 0 bridgehead atoms. The van der Waals surface area contributed by atoms with Crippen molar-refractivity contribution in [2.24, 2.45) is 0 Å². The number of anilines is 2. The van der Waals surface area contributed by atoms with Crippen molar-refractivity contribution in [2.75, 3.05) is 26.2 Å². The van der Waals surface area contributed by atoms with Crippen LogP contribution in [0.5, 0.6) is 11.5 Å². The van der Waals surface area contributed by atoms with Crippen LogP contribution in [-0.4, -0.2) is 30.8 Å². The van der Waals surface area contributed by atoms with Crippen LogP contribution in [0.4, 0.5) is 15.9 Å². The second-order valence-corrected chi connectivity index (χ2v) is 5.57. The number of nitrogens with zero attached hydrogens (tertiary/aromatic N) is 3. The summed E-state index contributed by atoms with van der Waals surface area (Å²) in [7, 11) is 5.15. The van der Waals surface area contributed by atoms with E-state index in [4.69, 9.17) is 9.47 Å². The highest BCUT2D eigenvalue weighted by atomic mass is 19.1. The number of aromatic nitrogens is 2. The highest BCUT2D eigenvalue weighted by Crippen LogP contribution is 2.34. The molecule has 0 saturated carbocycles. The maximum atomic E-state index is 13.2. The molecule has 0 fully saturated rings. The molecule has 0 spiro atoms. The van der Waals surface area contributed by atoms with Crippen molar-refractivity contribution in [2.45, 2.75) is 6.92 Å². The fourth-order valence-electron chi connectivity index (χ4n) is 2.74. The maximum Gasteiger partial charge on any atom is 0.162 e. The van der Waals surface area contributed by atoms with Gasteiger partial charge in [0.15, 0.2) is 11.5 Å². The van der Waals surface area contributed by atoms with Gasteiger partial charge in [0, 0.05) is 24.5 Å². The van der Waals surface area contributed by atoms with Gasteiger partial charge in [-0.1, -0.05) is 0 Å². The fourth-order valence-corrected chi connectivity index (χ4v) is 2.74. The number of hydrogen-bond acceptors (Lipinski definition) is 4. The molecule has 0 saturated heterocycles. The quantitative estimate of drug-likeness (QED) is 0.700. The molecular formula is C19H20FN3O2. The lowest BCUT2D eigenvalue weighted by molar-refractivity contribution is 0.355. The molecule has 1 heterocycles. The van der Waals surface area contributed by atoms with Gasteiger partial charge >= 0.3 is 0 Å². The van der Waals surface area contributed by atoms with E-state index in [9.17, 15) is 4.39 Å². The average molecular weight is 341 g/mol. The van der Waals surface area contributed by atoms with Gasteiger partial charge in [-0.05, 0) is 43.3 Å². The molecule has 0 unspecified atom stereocenters. The number of hydrogen-bond donors (Lipinski definition) is 0. The Labute approximate surface area is 146 Å². The number of benzene rings is 2. The van der Waals surface area contributed by atoms with Gasteiger partial charge in [-0.3, -0.25) is 4.57 Å². The van der Waals surface area contributed by atoms with Crippen LogP contribution in [0, 0.1) is 12.7 Å². The van der Waals surface area contributed by atoms with E-state index in [1.807, 2.05) is 41.6 Å². The number of imidazole rings is 1. The van der Waals surface area contributed by atoms with Gasteiger partial charge in [-0.15, -0.1) is 0 Å². The summed E-state index contributed by atoms with van der Waals surface area (Å²) in [6.07, 6.45) is 1.79. The smallest absolute Gasteiger partial charge is 0.162 e. The third-order valence-corrected chi connectivity index (χ3v) is 4.10. The van der Waals surface area contributed by atoms with Gasteiger partial charge in [-0.25, -0.2) is 9.37 Å². The van der Waals surface area contributed by atoms with Crippen LogP contribution >= 0.6 is 0 Å². The summed E-state index contributed by atoms with van der Waals surface area (Å²) in [5.74, 6) is 2.72. The van der Waals surface area contributed by atoms with Crippen molar-refractivity contribution in [1.82, 2.24) is 9.55 Å². The van der Waals surface area contributed by atoms with Crippen molar-refractivity contribution in [1.29, 1.82) is 0 Å². The molecule has 130 valence electrons. The van der Waals surface area contributed by atoms with Gasteiger partial charge in [-0.2, -0.15) is 0 Å². The third-order valence-electron chi connectivity index (χ3n) is 4.10. The minimum Gasteiger partial charge on any atom is -0.493 e. The molecule has 0 radical (unpaired) electrons. The number of halogens is 1. The number of rotatable bonds is 5. The Kier molecular flexibility index (Phi) is 4.61. The van der Waals surface area contributed by atoms with Gasteiger partial charge in [0.2, 0.25) is 0 Å². The zero-order chi connectivity index (χ0) is 18.0. The second kappa shape index (κ2) is 6.84. The van der Waals surface area contributed by atoms with E-state index in [1.165, 1.54) is 12.1 Å². The second-order valence-electron chi connectivity index (χ2n) is 5.57. The van der Waals surface area contributed by atoms with Crippen molar-refractivity contribution >= 4 is 11.5 Å². The molecule has 0 aliphatic heterocycles. The maximum absolute atomic E-state index is 13.2. The largest absolute Gasteiger partial charge is 0.493 e. The zero-order valence-corrected chi connectivity index (χ0v) is 14.7. The Morgan fingerprint density at radius 1 is 1.00 bits per heavy atom. The molecule has 0 amide bonds. The van der Waals surface area contributed by atoms with Crippen LogP contribution in [-0.2, 0) is 0 Å². The summed E-state index contributed by atoms with van der Waals surface area (Å²) in [6, 6.07) is 12.0. The first-order valence-electron chi connectivity index (χ1n) is 7.81. The SMILES string of the molecule is COc1ccc(N(C)c2cnc(C)n2-c2ccc(F)cc2)cc1OC. The number of methoxy groups -OCH3 is 2. The molecule has 2 aromatic carbocycles. The van der Waals surface area contributed by atoms with Crippen molar-refractivity contribution in [3.05, 3.63) is 60.3 Å². The minimum absolute atomic E-state index is 0.267. The summed E-state index contributed by atoms with van der Waals surface area (Å²) < 4.78 is 25.9. The number of ether oxygens (including phenoxy) is 2. The molecule has 3 rings (SSSR count). The van der Waals surface area contributed by atoms with Crippen LogP contribution in [0.15, 0.2) is 48.7 Å². The molecule has 0 N–H and O–H groups in total. The number of aryl methyl sites for hydroxylation is 1. The van der Waals surface area contributed by atoms with Crippen molar-refractivity contribution < 1.29 is 13.9 Å². The van der Waals surface area contributed by atoms with E-state index in [0.717, 1.165) is 23.0 Å². The minimum atomic E-state index is -0.267. The highest BCUT2D eigenvalue weighted by molar-refractivity contribution is 5.65. The van der Waals surface area contributed by atoms with Crippen LogP contribution in [0.25, 0.3) is 5.69 Å². The van der Waals surface area contributed by atoms with Crippen LogP contribution in [0.3, 0.4) is 0 Å². The summed E-state index contributed by atoms with van der Waals surface area (Å²) >= 11 is 0. The van der Waals surface area contributed by atoms with E-state index < -0.39 is 0 Å². The van der Waals surface area contributed by atoms with E-state index in [0.29, 0.717) is 11.5 Å². The first-order valence-corrected chi connectivity index (χ1v) is 7.81. The average Bonchev–Trinajstić information content (AvgIpc) is 3.02. The predicted molar refractivity (Wildman–Crippen MR) is 95.9 cm³/mol. The first-order chi connectivity index (χ1) is 12.0. The topological polar surface area (TPSA) is 39.5 Å². The summed E-state index contributed by atoms with van der Waals surface area (Å²) in [5.41, 5.74) is 1.76. The van der Waals surface area contributed by atoms with E-state index in [2.05, 4.69) is 4.98 Å². The lowest BCUT2D eigenvalue weighted by Crippen LogP contribution is -2.14. The molecule has 0 atom stereocenters. The lowest BCUT2D eigenvalue weighted by atomic mass is 10.2. The Morgan fingerprint density at radius 3 is 2.32 bits per heavy atom. The van der Waals surface area contributed by atoms with Crippen molar-refractivity contribution in [3.63, 3.8) is 0 Å². The third kappa shape index (κ3) is 3.15. The molecule has 3 aromatic rings. The van der Waals surface area contributed by atoms with Crippen LogP contribution in [0.2, 0.25) is 0 Å². The Bertz CT molecular complexity index is 875. The Morgan fingerprint density at radius 2 is 1.68 bits per heavy atom. The van der Waals surface area contributed by atoms with Crippen molar-refractivity contribution in [3.8, 4) is 17.2 Å².